The molecule has 0 aromatic carbocycles. The Balaban J connectivity index is 2.58. The maximum atomic E-state index is 5.53. The van der Waals surface area contributed by atoms with Crippen LogP contribution >= 0.6 is 11.3 Å². The van der Waals surface area contributed by atoms with Crippen molar-refractivity contribution in [2.45, 2.75) is 39.5 Å². The Morgan fingerprint density at radius 1 is 1.43 bits per heavy atom. The van der Waals surface area contributed by atoms with Crippen LogP contribution in [0.4, 0.5) is 0 Å². The van der Waals surface area contributed by atoms with Crippen molar-refractivity contribution in [2.24, 2.45) is 11.7 Å². The van der Waals surface area contributed by atoms with Gasteiger partial charge in [0, 0.05) is 17.7 Å². The molecule has 0 aliphatic heterocycles. The van der Waals surface area contributed by atoms with Gasteiger partial charge in [0.1, 0.15) is 0 Å². The number of rotatable bonds is 5. The summed E-state index contributed by atoms with van der Waals surface area (Å²) in [4.78, 5) is 4.63. The minimum atomic E-state index is 0.511. The Kier molecular flexibility index (Phi) is 4.55. The molecule has 0 bridgehead atoms. The summed E-state index contributed by atoms with van der Waals surface area (Å²) < 4.78 is 0. The summed E-state index contributed by atoms with van der Waals surface area (Å²) in [7, 11) is 0. The van der Waals surface area contributed by atoms with Crippen molar-refractivity contribution in [3.8, 4) is 0 Å². The summed E-state index contributed by atoms with van der Waals surface area (Å²) in [6, 6.07) is 0. The summed E-state index contributed by atoms with van der Waals surface area (Å²) >= 11 is 1.78. The SMILES string of the molecule is CC(C)Cc1nc(C(C)CCN)cs1. The number of hydrogen-bond acceptors (Lipinski definition) is 3. The van der Waals surface area contributed by atoms with Crippen molar-refractivity contribution in [3.63, 3.8) is 0 Å². The molecule has 0 saturated heterocycles. The van der Waals surface area contributed by atoms with Crippen molar-refractivity contribution in [3.05, 3.63) is 16.1 Å². The molecule has 1 aromatic heterocycles. The molecule has 1 aromatic rings. The van der Waals surface area contributed by atoms with E-state index < -0.39 is 0 Å². The molecule has 80 valence electrons. The third-order valence-corrected chi connectivity index (χ3v) is 3.15. The first-order chi connectivity index (χ1) is 6.63. The normalized spacial score (nSPS) is 13.5. The van der Waals surface area contributed by atoms with Gasteiger partial charge in [0.05, 0.1) is 10.7 Å². The van der Waals surface area contributed by atoms with E-state index in [4.69, 9.17) is 5.73 Å². The summed E-state index contributed by atoms with van der Waals surface area (Å²) in [5.74, 6) is 1.20. The van der Waals surface area contributed by atoms with E-state index in [1.807, 2.05) is 0 Å². The highest BCUT2D eigenvalue weighted by Gasteiger charge is 2.09. The van der Waals surface area contributed by atoms with E-state index in [1.165, 1.54) is 10.7 Å². The Hall–Kier alpha value is -0.410. The van der Waals surface area contributed by atoms with Gasteiger partial charge in [0.25, 0.3) is 0 Å². The van der Waals surface area contributed by atoms with E-state index in [1.54, 1.807) is 11.3 Å². The van der Waals surface area contributed by atoms with Gasteiger partial charge in [-0.3, -0.25) is 0 Å². The summed E-state index contributed by atoms with van der Waals surface area (Å²) in [6.45, 7) is 7.40. The highest BCUT2D eigenvalue weighted by atomic mass is 32.1. The predicted octanol–water partition coefficient (Wildman–Crippen LogP) is 2.79. The van der Waals surface area contributed by atoms with Crippen LogP contribution < -0.4 is 5.73 Å². The fourth-order valence-corrected chi connectivity index (χ4v) is 2.52. The maximum Gasteiger partial charge on any atom is 0.0930 e. The fourth-order valence-electron chi connectivity index (χ4n) is 1.39. The molecule has 0 radical (unpaired) electrons. The monoisotopic (exact) mass is 212 g/mol. The van der Waals surface area contributed by atoms with E-state index in [0.717, 1.165) is 19.4 Å². The lowest BCUT2D eigenvalue weighted by Gasteiger charge is -2.05. The summed E-state index contributed by atoms with van der Waals surface area (Å²) in [5.41, 5.74) is 6.75. The number of nitrogens with two attached hydrogens (primary N) is 1. The van der Waals surface area contributed by atoms with Crippen molar-refractivity contribution in [1.29, 1.82) is 0 Å². The van der Waals surface area contributed by atoms with Crippen molar-refractivity contribution < 1.29 is 0 Å². The zero-order chi connectivity index (χ0) is 10.6. The summed E-state index contributed by atoms with van der Waals surface area (Å²) in [5, 5.41) is 3.44. The molecule has 0 amide bonds. The smallest absolute Gasteiger partial charge is 0.0930 e. The topological polar surface area (TPSA) is 38.9 Å². The zero-order valence-electron chi connectivity index (χ0n) is 9.29. The number of thiazole rings is 1. The molecule has 14 heavy (non-hydrogen) atoms. The Morgan fingerprint density at radius 3 is 2.71 bits per heavy atom. The lowest BCUT2D eigenvalue weighted by Crippen LogP contribution is -2.05. The van der Waals surface area contributed by atoms with Crippen LogP contribution in [0.25, 0.3) is 0 Å². The third-order valence-electron chi connectivity index (χ3n) is 2.26. The Morgan fingerprint density at radius 2 is 2.14 bits per heavy atom. The molecular formula is C11H20N2S. The maximum absolute atomic E-state index is 5.53. The van der Waals surface area contributed by atoms with Crippen molar-refractivity contribution >= 4 is 11.3 Å². The van der Waals surface area contributed by atoms with Crippen LogP contribution in [0.3, 0.4) is 0 Å². The van der Waals surface area contributed by atoms with Crippen molar-refractivity contribution in [1.82, 2.24) is 4.98 Å². The second-order valence-corrected chi connectivity index (χ2v) is 5.19. The van der Waals surface area contributed by atoms with Gasteiger partial charge in [-0.2, -0.15) is 0 Å². The first-order valence-electron chi connectivity index (χ1n) is 5.27. The van der Waals surface area contributed by atoms with E-state index in [9.17, 15) is 0 Å². The third kappa shape index (κ3) is 3.39. The van der Waals surface area contributed by atoms with Crippen LogP contribution in [-0.4, -0.2) is 11.5 Å². The van der Waals surface area contributed by atoms with Crippen LogP contribution in [0.15, 0.2) is 5.38 Å². The fraction of sp³-hybridized carbons (Fsp3) is 0.727. The van der Waals surface area contributed by atoms with Crippen LogP contribution in [0.2, 0.25) is 0 Å². The molecule has 0 saturated carbocycles. The molecule has 0 fully saturated rings. The number of aromatic nitrogens is 1. The van der Waals surface area contributed by atoms with E-state index in [-0.39, 0.29) is 0 Å². The molecule has 1 unspecified atom stereocenters. The van der Waals surface area contributed by atoms with Crippen LogP contribution in [0.1, 0.15) is 43.8 Å². The van der Waals surface area contributed by atoms with Crippen LogP contribution in [0, 0.1) is 5.92 Å². The molecule has 0 aliphatic rings. The van der Waals surface area contributed by atoms with Crippen molar-refractivity contribution in [2.75, 3.05) is 6.54 Å². The van der Waals surface area contributed by atoms with Crippen LogP contribution in [-0.2, 0) is 6.42 Å². The average Bonchev–Trinajstić information content (AvgIpc) is 2.52. The molecule has 1 atom stereocenters. The van der Waals surface area contributed by atoms with Crippen LogP contribution in [0.5, 0.6) is 0 Å². The van der Waals surface area contributed by atoms with Gasteiger partial charge in [0.15, 0.2) is 0 Å². The lowest BCUT2D eigenvalue weighted by molar-refractivity contribution is 0.633. The Labute approximate surface area is 90.6 Å². The molecule has 0 spiro atoms. The number of nitrogens with zero attached hydrogens (tertiary/aromatic N) is 1. The minimum absolute atomic E-state index is 0.511. The molecule has 2 N–H and O–H groups in total. The molecule has 3 heteroatoms. The highest BCUT2D eigenvalue weighted by molar-refractivity contribution is 7.09. The summed E-state index contributed by atoms with van der Waals surface area (Å²) in [6.07, 6.45) is 2.13. The molecule has 0 aliphatic carbocycles. The second-order valence-electron chi connectivity index (χ2n) is 4.24. The molecule has 1 heterocycles. The lowest BCUT2D eigenvalue weighted by atomic mass is 10.1. The van der Waals surface area contributed by atoms with E-state index in [2.05, 4.69) is 31.1 Å². The van der Waals surface area contributed by atoms with E-state index in [0.29, 0.717) is 11.8 Å². The highest BCUT2D eigenvalue weighted by Crippen LogP contribution is 2.22. The minimum Gasteiger partial charge on any atom is -0.330 e. The Bertz CT molecular complexity index is 268. The van der Waals surface area contributed by atoms with Gasteiger partial charge in [-0.25, -0.2) is 4.98 Å². The second kappa shape index (κ2) is 5.47. The standard InChI is InChI=1S/C11H20N2S/c1-8(2)6-11-13-10(7-14-11)9(3)4-5-12/h7-9H,4-6,12H2,1-3H3. The largest absolute Gasteiger partial charge is 0.330 e. The van der Waals surface area contributed by atoms with Gasteiger partial charge >= 0.3 is 0 Å². The average molecular weight is 212 g/mol. The molecular weight excluding hydrogens is 192 g/mol. The zero-order valence-corrected chi connectivity index (χ0v) is 10.1. The van der Waals surface area contributed by atoms with Gasteiger partial charge < -0.3 is 5.73 Å². The molecule has 2 nitrogen and oxygen atoms in total. The van der Waals surface area contributed by atoms with Gasteiger partial charge in [-0.1, -0.05) is 20.8 Å². The predicted molar refractivity (Wildman–Crippen MR) is 62.7 cm³/mol. The van der Waals surface area contributed by atoms with Gasteiger partial charge in [0.2, 0.25) is 0 Å². The molecule has 1 rings (SSSR count). The van der Waals surface area contributed by atoms with Gasteiger partial charge in [-0.15, -0.1) is 11.3 Å². The van der Waals surface area contributed by atoms with E-state index >= 15 is 0 Å². The van der Waals surface area contributed by atoms with Gasteiger partial charge in [-0.05, 0) is 18.9 Å². The number of hydrogen-bond donors (Lipinski definition) is 1. The first kappa shape index (κ1) is 11.7. The quantitative estimate of drug-likeness (QED) is 0.815. The first-order valence-corrected chi connectivity index (χ1v) is 6.15.